The molecule has 1 radical (unpaired) electrons. The molecule has 5 nitrogen and oxygen atoms in total. The molecule has 0 aliphatic carbocycles. The first-order valence-corrected chi connectivity index (χ1v) is 9.09. The summed E-state index contributed by atoms with van der Waals surface area (Å²) in [6.45, 7) is 4.45. The summed E-state index contributed by atoms with van der Waals surface area (Å²) >= 11 is 0. The predicted molar refractivity (Wildman–Crippen MR) is 100 cm³/mol. The van der Waals surface area contributed by atoms with Crippen LogP contribution in [0.2, 0.25) is 12.1 Å². The maximum Gasteiger partial charge on any atom is 0.303 e. The van der Waals surface area contributed by atoms with Crippen LogP contribution in [0.3, 0.4) is 0 Å². The molecule has 25 heavy (non-hydrogen) atoms. The highest BCUT2D eigenvalue weighted by atomic mass is 16.5. The summed E-state index contributed by atoms with van der Waals surface area (Å²) in [7, 11) is 2.15. The summed E-state index contributed by atoms with van der Waals surface area (Å²) in [5.74, 6) is 0.178. The van der Waals surface area contributed by atoms with Crippen molar-refractivity contribution in [2.45, 2.75) is 57.8 Å². The molecule has 0 unspecified atom stereocenters. The average Bonchev–Trinajstić information content (AvgIpc) is 2.98. The van der Waals surface area contributed by atoms with Crippen LogP contribution in [0.1, 0.15) is 39.5 Å². The van der Waals surface area contributed by atoms with Crippen LogP contribution in [0.15, 0.2) is 36.5 Å². The van der Waals surface area contributed by atoms with Crippen molar-refractivity contribution in [2.75, 3.05) is 6.61 Å². The lowest BCUT2D eigenvalue weighted by atomic mass is 9.64. The molecule has 2 heterocycles. The molecular formula is C19H29BNO4. The molecule has 1 fully saturated rings. The number of nitrogens with zero attached hydrogens (tertiary/aromatic N) is 1. The quantitative estimate of drug-likeness (QED) is 0.406. The molecule has 0 bridgehead atoms. The van der Waals surface area contributed by atoms with Gasteiger partial charge in [-0.25, -0.2) is 4.98 Å². The lowest BCUT2D eigenvalue weighted by Gasteiger charge is -2.21. The van der Waals surface area contributed by atoms with Crippen molar-refractivity contribution in [3.8, 4) is 5.88 Å². The van der Waals surface area contributed by atoms with E-state index >= 15 is 0 Å². The van der Waals surface area contributed by atoms with Gasteiger partial charge in [-0.15, -0.1) is 0 Å². The third-order valence-corrected chi connectivity index (χ3v) is 4.12. The molecule has 1 aromatic heterocycles. The number of carboxylic acids is 1. The molecule has 6 heteroatoms. The molecule has 1 aliphatic rings. The van der Waals surface area contributed by atoms with Gasteiger partial charge in [-0.1, -0.05) is 44.2 Å². The Morgan fingerprint density at radius 1 is 1.40 bits per heavy atom. The van der Waals surface area contributed by atoms with Crippen LogP contribution in [0.25, 0.3) is 0 Å². The lowest BCUT2D eigenvalue weighted by Crippen LogP contribution is -2.23. The van der Waals surface area contributed by atoms with Crippen molar-refractivity contribution < 1.29 is 19.7 Å². The smallest absolute Gasteiger partial charge is 0.303 e. The predicted octanol–water partition coefficient (Wildman–Crippen LogP) is 3.59. The summed E-state index contributed by atoms with van der Waals surface area (Å²) in [5.41, 5.74) is 0. The zero-order valence-corrected chi connectivity index (χ0v) is 15.2. The lowest BCUT2D eigenvalue weighted by molar-refractivity contribution is -0.137. The summed E-state index contributed by atoms with van der Waals surface area (Å²) in [6.07, 6.45) is 8.60. The van der Waals surface area contributed by atoms with Gasteiger partial charge in [0.1, 0.15) is 7.28 Å². The van der Waals surface area contributed by atoms with Gasteiger partial charge < -0.3 is 14.9 Å². The number of aliphatic hydroxyl groups excluding tert-OH is 1. The van der Waals surface area contributed by atoms with Crippen molar-refractivity contribution in [1.82, 2.24) is 4.98 Å². The minimum atomic E-state index is -0.752. The number of hydrogen-bond acceptors (Lipinski definition) is 4. The highest BCUT2D eigenvalue weighted by molar-refractivity contribution is 6.39. The minimum Gasteiger partial charge on any atom is -0.481 e. The molecule has 137 valence electrons. The highest BCUT2D eigenvalue weighted by Gasteiger charge is 2.35. The number of pyridine rings is 1. The molecule has 1 aromatic rings. The van der Waals surface area contributed by atoms with Gasteiger partial charge in [0.2, 0.25) is 5.88 Å². The number of aliphatic carboxylic acids is 1. The number of allylic oxidation sites excluding steroid dienone is 2. The Morgan fingerprint density at radius 3 is 2.88 bits per heavy atom. The SMILES string of the molecule is CC.O=C(O)CCCC=CC[C@H]1[B]C[C@@H](O)[C@@H]1COc1ccccn1. The van der Waals surface area contributed by atoms with Crippen LogP contribution >= 0.6 is 0 Å². The van der Waals surface area contributed by atoms with Gasteiger partial charge in [0.15, 0.2) is 0 Å². The Kier molecular flexibility index (Phi) is 10.6. The van der Waals surface area contributed by atoms with Gasteiger partial charge in [-0.3, -0.25) is 4.79 Å². The first-order chi connectivity index (χ1) is 12.2. The second-order valence-electron chi connectivity index (χ2n) is 5.84. The Bertz CT molecular complexity index is 509. The van der Waals surface area contributed by atoms with Gasteiger partial charge in [0.25, 0.3) is 0 Å². The van der Waals surface area contributed by atoms with E-state index < -0.39 is 5.97 Å². The summed E-state index contributed by atoms with van der Waals surface area (Å²) in [6, 6.07) is 5.52. The normalized spacial score (nSPS) is 22.1. The van der Waals surface area contributed by atoms with E-state index in [1.165, 1.54) is 0 Å². The molecule has 0 saturated carbocycles. The van der Waals surface area contributed by atoms with Crippen LogP contribution in [0.5, 0.6) is 5.88 Å². The number of ether oxygens (including phenoxy) is 1. The van der Waals surface area contributed by atoms with E-state index in [0.29, 0.717) is 25.2 Å². The third-order valence-electron chi connectivity index (χ3n) is 4.12. The first-order valence-electron chi connectivity index (χ1n) is 9.09. The number of unbranched alkanes of at least 4 members (excludes halogenated alkanes) is 1. The number of carbonyl (C=O) groups is 1. The molecule has 3 atom stereocenters. The number of aromatic nitrogens is 1. The Balaban J connectivity index is 0.00000151. The zero-order valence-electron chi connectivity index (χ0n) is 15.2. The van der Waals surface area contributed by atoms with E-state index in [9.17, 15) is 9.90 Å². The van der Waals surface area contributed by atoms with E-state index in [2.05, 4.69) is 18.3 Å². The molecule has 1 saturated heterocycles. The standard InChI is InChI=1S/C17H23BNO4.C2H6/c20-15-11-18-14(7-3-1-2-4-9-17(21)22)13(15)12-23-16-8-5-6-10-19-16;1-2/h1,3,5-6,8,10,13-15,20H,2,4,7,9,11-12H2,(H,21,22);1-2H3/t13-,14-,15-;/m1./s1. The summed E-state index contributed by atoms with van der Waals surface area (Å²) < 4.78 is 5.68. The van der Waals surface area contributed by atoms with E-state index in [4.69, 9.17) is 9.84 Å². The van der Waals surface area contributed by atoms with Crippen LogP contribution in [-0.4, -0.2) is 41.2 Å². The summed E-state index contributed by atoms with van der Waals surface area (Å²) in [4.78, 5) is 14.6. The maximum atomic E-state index is 10.4. The highest BCUT2D eigenvalue weighted by Crippen LogP contribution is 2.35. The Hall–Kier alpha value is -1.82. The van der Waals surface area contributed by atoms with Gasteiger partial charge in [-0.2, -0.15) is 0 Å². The van der Waals surface area contributed by atoms with Crippen LogP contribution < -0.4 is 4.74 Å². The molecule has 1 aliphatic heterocycles. The molecule has 2 N–H and O–H groups in total. The van der Waals surface area contributed by atoms with Crippen molar-refractivity contribution in [1.29, 1.82) is 0 Å². The van der Waals surface area contributed by atoms with Crippen LogP contribution in [0, 0.1) is 5.92 Å². The average molecular weight is 346 g/mol. The van der Waals surface area contributed by atoms with Gasteiger partial charge in [0, 0.05) is 24.6 Å². The second-order valence-corrected chi connectivity index (χ2v) is 5.84. The third kappa shape index (κ3) is 8.21. The van der Waals surface area contributed by atoms with Gasteiger partial charge >= 0.3 is 5.97 Å². The topological polar surface area (TPSA) is 79.7 Å². The molecule has 2 rings (SSSR count). The Morgan fingerprint density at radius 2 is 2.20 bits per heavy atom. The van der Waals surface area contributed by atoms with E-state index in [1.807, 2.05) is 38.1 Å². The van der Waals surface area contributed by atoms with E-state index in [1.54, 1.807) is 6.20 Å². The fraction of sp³-hybridized carbons (Fsp3) is 0.579. The molecule has 0 spiro atoms. The van der Waals surface area contributed by atoms with Crippen molar-refractivity contribution in [3.63, 3.8) is 0 Å². The van der Waals surface area contributed by atoms with Crippen molar-refractivity contribution in [3.05, 3.63) is 36.5 Å². The van der Waals surface area contributed by atoms with E-state index in [0.717, 1.165) is 12.8 Å². The van der Waals surface area contributed by atoms with Gasteiger partial charge in [-0.05, 0) is 25.3 Å². The van der Waals surface area contributed by atoms with E-state index in [-0.39, 0.29) is 24.3 Å². The first kappa shape index (κ1) is 21.2. The number of carboxylic acid groups (broad SMARTS) is 1. The second kappa shape index (κ2) is 12.5. The van der Waals surface area contributed by atoms with Gasteiger partial charge in [0.05, 0.1) is 12.7 Å². The largest absolute Gasteiger partial charge is 0.481 e. The van der Waals surface area contributed by atoms with Crippen molar-refractivity contribution in [2.24, 2.45) is 5.92 Å². The molecule has 0 aromatic carbocycles. The molecular weight excluding hydrogens is 317 g/mol. The maximum absolute atomic E-state index is 10.4. The van der Waals surface area contributed by atoms with Crippen LogP contribution in [-0.2, 0) is 4.79 Å². The number of hydrogen-bond donors (Lipinski definition) is 2. The fourth-order valence-corrected chi connectivity index (χ4v) is 2.81. The monoisotopic (exact) mass is 346 g/mol. The number of aliphatic hydroxyl groups is 1. The fourth-order valence-electron chi connectivity index (χ4n) is 2.81. The molecule has 0 amide bonds. The van der Waals surface area contributed by atoms with Crippen molar-refractivity contribution >= 4 is 13.2 Å². The minimum absolute atomic E-state index is 0.0701. The zero-order chi connectivity index (χ0) is 18.5. The van der Waals surface area contributed by atoms with Crippen LogP contribution in [0.4, 0.5) is 0 Å². The summed E-state index contributed by atoms with van der Waals surface area (Å²) in [5, 5.41) is 18.7. The number of rotatable bonds is 9. The Labute approximate surface area is 151 Å².